The molecule has 1 atom stereocenters. The number of benzene rings is 1. The Balaban J connectivity index is 2.15. The summed E-state index contributed by atoms with van der Waals surface area (Å²) in [6.07, 6.45) is 1.48. The van der Waals surface area contributed by atoms with Crippen LogP contribution in [0.15, 0.2) is 23.4 Å². The third kappa shape index (κ3) is 3.25. The van der Waals surface area contributed by atoms with Gasteiger partial charge >= 0.3 is 0 Å². The van der Waals surface area contributed by atoms with Gasteiger partial charge in [0.25, 0.3) is 5.91 Å². The average molecular weight is 407 g/mol. The summed E-state index contributed by atoms with van der Waals surface area (Å²) in [6.45, 7) is 3.21. The Bertz CT molecular complexity index is 548. The summed E-state index contributed by atoms with van der Waals surface area (Å²) < 4.78 is 0.931. The molecule has 1 fully saturated rings. The Morgan fingerprint density at radius 3 is 2.95 bits per heavy atom. The molecule has 20 heavy (non-hydrogen) atoms. The van der Waals surface area contributed by atoms with Crippen LogP contribution in [0.4, 0.5) is 0 Å². The molecule has 0 bridgehead atoms. The number of amides is 1. The molecule has 0 saturated carbocycles. The highest BCUT2D eigenvalue weighted by Gasteiger charge is 2.28. The highest BCUT2D eigenvalue weighted by molar-refractivity contribution is 14.1. The van der Waals surface area contributed by atoms with Gasteiger partial charge in [0, 0.05) is 34.6 Å². The van der Waals surface area contributed by atoms with Crippen LogP contribution in [0, 0.1) is 9.49 Å². The lowest BCUT2D eigenvalue weighted by molar-refractivity contribution is 0.0729. The second-order valence-electron chi connectivity index (χ2n) is 4.83. The number of carbonyl (C=O) groups is 1. The first-order valence-electron chi connectivity index (χ1n) is 6.52. The van der Waals surface area contributed by atoms with Crippen LogP contribution < -0.4 is 0 Å². The monoisotopic (exact) mass is 406 g/mol. The molecule has 6 heteroatoms. The van der Waals surface area contributed by atoms with Crippen LogP contribution in [-0.2, 0) is 0 Å². The van der Waals surface area contributed by atoms with E-state index >= 15 is 0 Å². The minimum Gasteiger partial charge on any atom is -0.411 e. The molecular weight excluding hydrogens is 391 g/mol. The molecule has 2 rings (SSSR count). The smallest absolute Gasteiger partial charge is 0.253 e. The average Bonchev–Trinajstić information content (AvgIpc) is 2.48. The van der Waals surface area contributed by atoms with Crippen molar-refractivity contribution in [3.05, 3.63) is 32.4 Å². The van der Waals surface area contributed by atoms with Gasteiger partial charge in [-0.05, 0) is 47.2 Å². The Labute approximate surface area is 136 Å². The van der Waals surface area contributed by atoms with E-state index in [0.29, 0.717) is 30.1 Å². The van der Waals surface area contributed by atoms with Crippen molar-refractivity contribution in [1.29, 1.82) is 0 Å². The molecule has 1 aliphatic heterocycles. The Hall–Kier alpha value is -0.820. The Morgan fingerprint density at radius 1 is 1.60 bits per heavy atom. The zero-order valence-corrected chi connectivity index (χ0v) is 14.1. The van der Waals surface area contributed by atoms with Gasteiger partial charge in [-0.15, -0.1) is 0 Å². The van der Waals surface area contributed by atoms with Crippen molar-refractivity contribution in [2.45, 2.75) is 19.8 Å². The molecule has 1 aliphatic rings. The number of oxime groups is 1. The minimum absolute atomic E-state index is 0.0151. The molecule has 1 saturated heterocycles. The first-order chi connectivity index (χ1) is 9.56. The highest BCUT2D eigenvalue weighted by atomic mass is 127. The van der Waals surface area contributed by atoms with Crippen molar-refractivity contribution in [3.8, 4) is 0 Å². The molecule has 0 radical (unpaired) electrons. The summed E-state index contributed by atoms with van der Waals surface area (Å²) in [5.74, 6) is 0.121. The zero-order chi connectivity index (χ0) is 14.7. The molecule has 0 aromatic heterocycles. The predicted molar refractivity (Wildman–Crippen MR) is 87.7 cm³/mol. The number of piperidine rings is 1. The molecular formula is C14H16ClIN2O2. The van der Waals surface area contributed by atoms with E-state index in [1.54, 1.807) is 17.0 Å². The second kappa shape index (κ2) is 6.76. The van der Waals surface area contributed by atoms with E-state index in [9.17, 15) is 4.79 Å². The van der Waals surface area contributed by atoms with Crippen molar-refractivity contribution in [2.24, 2.45) is 11.1 Å². The molecule has 4 nitrogen and oxygen atoms in total. The van der Waals surface area contributed by atoms with Gasteiger partial charge in [0.1, 0.15) is 0 Å². The van der Waals surface area contributed by atoms with Crippen molar-refractivity contribution in [1.82, 2.24) is 4.90 Å². The number of hydrogen-bond acceptors (Lipinski definition) is 3. The largest absolute Gasteiger partial charge is 0.411 e. The lowest BCUT2D eigenvalue weighted by atomic mass is 9.93. The first kappa shape index (κ1) is 15.6. The maximum atomic E-state index is 12.5. The lowest BCUT2D eigenvalue weighted by Gasteiger charge is -2.33. The summed E-state index contributed by atoms with van der Waals surface area (Å²) in [4.78, 5) is 14.3. The van der Waals surface area contributed by atoms with Gasteiger partial charge < -0.3 is 10.1 Å². The Kier molecular flexibility index (Phi) is 5.26. The van der Waals surface area contributed by atoms with E-state index in [1.165, 1.54) is 0 Å². The van der Waals surface area contributed by atoms with Crippen LogP contribution in [-0.4, -0.2) is 34.8 Å². The van der Waals surface area contributed by atoms with Crippen molar-refractivity contribution >= 4 is 45.8 Å². The zero-order valence-electron chi connectivity index (χ0n) is 11.1. The number of carbonyl (C=O) groups excluding carboxylic acids is 1. The van der Waals surface area contributed by atoms with Crippen LogP contribution in [0.5, 0.6) is 0 Å². The molecule has 1 aromatic rings. The van der Waals surface area contributed by atoms with Gasteiger partial charge in [-0.3, -0.25) is 4.79 Å². The summed E-state index contributed by atoms with van der Waals surface area (Å²) in [7, 11) is 0. The van der Waals surface area contributed by atoms with Gasteiger partial charge in [0.05, 0.1) is 10.7 Å². The van der Waals surface area contributed by atoms with E-state index in [1.807, 2.05) is 13.0 Å². The fourth-order valence-corrected chi connectivity index (χ4v) is 2.92. The fraction of sp³-hybridized carbons (Fsp3) is 0.429. The van der Waals surface area contributed by atoms with E-state index in [-0.39, 0.29) is 11.8 Å². The molecule has 1 heterocycles. The van der Waals surface area contributed by atoms with Crippen molar-refractivity contribution < 1.29 is 10.0 Å². The molecule has 1 unspecified atom stereocenters. The van der Waals surface area contributed by atoms with Crippen LogP contribution in [0.25, 0.3) is 0 Å². The van der Waals surface area contributed by atoms with Crippen LogP contribution >= 0.6 is 34.2 Å². The van der Waals surface area contributed by atoms with Crippen LogP contribution in [0.1, 0.15) is 30.1 Å². The SMILES string of the molecule is CCC1CN(C(=O)c2ccc(I)c(Cl)c2)CC/C1=N\O. The summed E-state index contributed by atoms with van der Waals surface area (Å²) in [5, 5.41) is 12.9. The summed E-state index contributed by atoms with van der Waals surface area (Å²) in [5.41, 5.74) is 1.40. The molecule has 0 aliphatic carbocycles. The standard InChI is InChI=1S/C14H16ClIN2O2/c1-2-9-8-18(6-5-13(9)17-20)14(19)10-3-4-12(16)11(15)7-10/h3-4,7,9,20H,2,5-6,8H2,1H3/b17-13+. The van der Waals surface area contributed by atoms with Gasteiger partial charge in [-0.1, -0.05) is 23.7 Å². The second-order valence-corrected chi connectivity index (χ2v) is 6.40. The van der Waals surface area contributed by atoms with Crippen LogP contribution in [0.2, 0.25) is 5.02 Å². The number of rotatable bonds is 2. The first-order valence-corrected chi connectivity index (χ1v) is 7.97. The van der Waals surface area contributed by atoms with Gasteiger partial charge in [0.2, 0.25) is 0 Å². The van der Waals surface area contributed by atoms with Gasteiger partial charge in [0.15, 0.2) is 0 Å². The van der Waals surface area contributed by atoms with Crippen molar-refractivity contribution in [3.63, 3.8) is 0 Å². The molecule has 108 valence electrons. The Morgan fingerprint density at radius 2 is 2.35 bits per heavy atom. The van der Waals surface area contributed by atoms with Gasteiger partial charge in [-0.2, -0.15) is 0 Å². The number of halogens is 2. The maximum Gasteiger partial charge on any atom is 0.253 e. The van der Waals surface area contributed by atoms with Gasteiger partial charge in [-0.25, -0.2) is 0 Å². The number of likely N-dealkylation sites (tertiary alicyclic amines) is 1. The van der Waals surface area contributed by atoms with E-state index in [2.05, 4.69) is 27.7 Å². The summed E-state index contributed by atoms with van der Waals surface area (Å²) >= 11 is 8.20. The number of hydrogen-bond donors (Lipinski definition) is 1. The normalized spacial score (nSPS) is 21.2. The molecule has 0 spiro atoms. The molecule has 1 aromatic carbocycles. The van der Waals surface area contributed by atoms with Crippen LogP contribution in [0.3, 0.4) is 0 Å². The van der Waals surface area contributed by atoms with E-state index in [0.717, 1.165) is 15.7 Å². The topological polar surface area (TPSA) is 52.9 Å². The third-order valence-corrected chi connectivity index (χ3v) is 5.20. The predicted octanol–water partition coefficient (Wildman–Crippen LogP) is 3.65. The number of nitrogens with zero attached hydrogens (tertiary/aromatic N) is 2. The summed E-state index contributed by atoms with van der Waals surface area (Å²) in [6, 6.07) is 5.35. The molecule has 1 amide bonds. The lowest BCUT2D eigenvalue weighted by Crippen LogP contribution is -2.44. The quantitative estimate of drug-likeness (QED) is 0.463. The van der Waals surface area contributed by atoms with E-state index in [4.69, 9.17) is 16.8 Å². The third-order valence-electron chi connectivity index (χ3n) is 3.62. The maximum absolute atomic E-state index is 12.5. The van der Waals surface area contributed by atoms with E-state index < -0.39 is 0 Å². The fourth-order valence-electron chi connectivity index (χ4n) is 2.41. The van der Waals surface area contributed by atoms with Crippen molar-refractivity contribution in [2.75, 3.05) is 13.1 Å². The minimum atomic E-state index is -0.0151. The molecule has 1 N–H and O–H groups in total. The highest BCUT2D eigenvalue weighted by Crippen LogP contribution is 2.23.